The third-order valence-corrected chi connectivity index (χ3v) is 8.19. The maximum atomic E-state index is 15.0. The van der Waals surface area contributed by atoms with Gasteiger partial charge in [-0.3, -0.25) is 14.4 Å². The summed E-state index contributed by atoms with van der Waals surface area (Å²) in [6, 6.07) is 6.91. The smallest absolute Gasteiger partial charge is 0.306 e. The number of amides is 2. The molecule has 0 spiro atoms. The van der Waals surface area contributed by atoms with Gasteiger partial charge in [0.05, 0.1) is 11.6 Å². The molecule has 2 aromatic carbocycles. The molecule has 13 heteroatoms. The van der Waals surface area contributed by atoms with Crippen LogP contribution in [0.25, 0.3) is 11.8 Å². The molecular weight excluding hydrogens is 570 g/mol. The van der Waals surface area contributed by atoms with Crippen LogP contribution in [0.1, 0.15) is 55.6 Å². The molecule has 5 rings (SSSR count). The molecule has 3 aromatic rings. The van der Waals surface area contributed by atoms with Gasteiger partial charge in [0.25, 0.3) is 0 Å². The maximum absolute atomic E-state index is 15.0. The largest absolute Gasteiger partial charge is 0.481 e. The summed E-state index contributed by atoms with van der Waals surface area (Å²) in [5.41, 5.74) is 1.28. The average Bonchev–Trinajstić information content (AvgIpc) is 3.51. The van der Waals surface area contributed by atoms with E-state index < -0.39 is 47.3 Å². The van der Waals surface area contributed by atoms with Gasteiger partial charge < -0.3 is 15.3 Å². The van der Waals surface area contributed by atoms with Crippen LogP contribution in [-0.4, -0.2) is 66.6 Å². The fraction of sp³-hybridized carbons (Fsp3) is 0.379. The van der Waals surface area contributed by atoms with Gasteiger partial charge in [-0.25, -0.2) is 8.78 Å². The highest BCUT2D eigenvalue weighted by Crippen LogP contribution is 2.36. The third-order valence-electron chi connectivity index (χ3n) is 7.96. The zero-order valence-corrected chi connectivity index (χ0v) is 23.3. The van der Waals surface area contributed by atoms with E-state index in [9.17, 15) is 28.3 Å². The summed E-state index contributed by atoms with van der Waals surface area (Å²) in [6.45, 7) is 0.252. The molecule has 1 aliphatic carbocycles. The minimum absolute atomic E-state index is 0.156. The molecule has 42 heavy (non-hydrogen) atoms. The predicted molar refractivity (Wildman–Crippen MR) is 149 cm³/mol. The molecule has 220 valence electrons. The van der Waals surface area contributed by atoms with Crippen molar-refractivity contribution in [3.8, 4) is 5.69 Å². The van der Waals surface area contributed by atoms with Gasteiger partial charge in [-0.05, 0) is 84.9 Å². The number of hydrogen-bond donors (Lipinski definition) is 2. The van der Waals surface area contributed by atoms with Crippen LogP contribution in [0.15, 0.2) is 48.8 Å². The molecule has 2 atom stereocenters. The van der Waals surface area contributed by atoms with Crippen LogP contribution >= 0.6 is 11.6 Å². The molecule has 1 aromatic heterocycles. The third kappa shape index (κ3) is 6.48. The number of aliphatic carboxylic acids is 1. The Balaban J connectivity index is 1.42. The second kappa shape index (κ2) is 12.8. The van der Waals surface area contributed by atoms with Gasteiger partial charge >= 0.3 is 5.97 Å². The molecule has 2 heterocycles. The van der Waals surface area contributed by atoms with Gasteiger partial charge in [0, 0.05) is 41.2 Å². The van der Waals surface area contributed by atoms with Crippen LogP contribution in [0, 0.1) is 17.6 Å². The fourth-order valence-corrected chi connectivity index (χ4v) is 6.04. The quantitative estimate of drug-likeness (QED) is 0.391. The van der Waals surface area contributed by atoms with Crippen LogP contribution in [0.3, 0.4) is 0 Å². The summed E-state index contributed by atoms with van der Waals surface area (Å²) in [7, 11) is 0. The second-order valence-electron chi connectivity index (χ2n) is 10.6. The molecular formula is C29H29ClF2N6O4. The lowest BCUT2D eigenvalue weighted by Crippen LogP contribution is -2.56. The summed E-state index contributed by atoms with van der Waals surface area (Å²) >= 11 is 6.20. The number of carboxylic acid groups (broad SMARTS) is 1. The first-order valence-electron chi connectivity index (χ1n) is 13.7. The summed E-state index contributed by atoms with van der Waals surface area (Å²) in [5, 5.41) is 23.9. The summed E-state index contributed by atoms with van der Waals surface area (Å²) in [5.74, 6) is -4.48. The normalized spacial score (nSPS) is 22.7. The molecule has 0 radical (unpaired) electrons. The minimum atomic E-state index is -1.06. The van der Waals surface area contributed by atoms with E-state index in [2.05, 4.69) is 20.8 Å². The molecule has 10 nitrogen and oxygen atoms in total. The first-order valence-corrected chi connectivity index (χ1v) is 14.1. The number of nitrogens with zero attached hydrogens (tertiary/aromatic N) is 5. The number of carbonyl (C=O) groups excluding carboxylic acids is 2. The Hall–Kier alpha value is -4.19. The molecule has 1 aliphatic heterocycles. The van der Waals surface area contributed by atoms with E-state index in [-0.39, 0.29) is 18.2 Å². The van der Waals surface area contributed by atoms with Crippen molar-refractivity contribution in [3.05, 3.63) is 76.6 Å². The van der Waals surface area contributed by atoms with E-state index in [1.54, 1.807) is 24.3 Å². The number of carbonyl (C=O) groups is 3. The zero-order valence-electron chi connectivity index (χ0n) is 22.5. The molecule has 2 unspecified atom stereocenters. The van der Waals surface area contributed by atoms with Gasteiger partial charge in [0.15, 0.2) is 0 Å². The lowest BCUT2D eigenvalue weighted by atomic mass is 9.81. The topological polar surface area (TPSA) is 130 Å². The second-order valence-corrected chi connectivity index (χ2v) is 11.0. The lowest BCUT2D eigenvalue weighted by Gasteiger charge is -2.41. The summed E-state index contributed by atoms with van der Waals surface area (Å²) in [4.78, 5) is 40.2. The number of rotatable bonds is 7. The van der Waals surface area contributed by atoms with E-state index >= 15 is 0 Å². The van der Waals surface area contributed by atoms with Crippen molar-refractivity contribution >= 4 is 35.5 Å². The first-order chi connectivity index (χ1) is 20.2. The predicted octanol–water partition coefficient (Wildman–Crippen LogP) is 4.14. The standard InChI is InChI=1S/C29H29ClF2N6O4/c30-19-6-11-25(38-16-33-35-36-38)18(14-19)5-12-26(39)37-13-1-2-23(22-10-7-20(31)15-24(22)32)27(37)28(40)34-21-8-3-17(4-9-21)29(41)42/h5-7,10-12,14-17,21,23,27H,1-4,8-9,13H2,(H,34,40)(H,41,42)/b12-5+. The summed E-state index contributed by atoms with van der Waals surface area (Å²) < 4.78 is 30.1. The monoisotopic (exact) mass is 598 g/mol. The highest BCUT2D eigenvalue weighted by Gasteiger charge is 2.41. The van der Waals surface area contributed by atoms with Crippen molar-refractivity contribution in [2.45, 2.75) is 56.5 Å². The minimum Gasteiger partial charge on any atom is -0.481 e. The van der Waals surface area contributed by atoms with E-state index in [1.807, 2.05) is 0 Å². The van der Waals surface area contributed by atoms with Crippen LogP contribution in [0.2, 0.25) is 5.02 Å². The number of benzene rings is 2. The average molecular weight is 599 g/mol. The summed E-state index contributed by atoms with van der Waals surface area (Å²) in [6.07, 6.45) is 7.00. The Morgan fingerprint density at radius 2 is 1.83 bits per heavy atom. The Kier molecular flexibility index (Phi) is 8.91. The highest BCUT2D eigenvalue weighted by molar-refractivity contribution is 6.30. The van der Waals surface area contributed by atoms with Crippen LogP contribution in [-0.2, 0) is 14.4 Å². The Morgan fingerprint density at radius 1 is 1.05 bits per heavy atom. The van der Waals surface area contributed by atoms with Crippen molar-refractivity contribution in [2.24, 2.45) is 5.92 Å². The van der Waals surface area contributed by atoms with E-state index in [4.69, 9.17) is 11.6 Å². The van der Waals surface area contributed by atoms with E-state index in [0.29, 0.717) is 54.8 Å². The first kappa shape index (κ1) is 29.3. The van der Waals surface area contributed by atoms with E-state index in [1.165, 1.54) is 28.1 Å². The molecule has 0 bridgehead atoms. The highest BCUT2D eigenvalue weighted by atomic mass is 35.5. The molecule has 2 amide bonds. The number of piperidine rings is 1. The van der Waals surface area contributed by atoms with Crippen LogP contribution in [0.5, 0.6) is 0 Å². The van der Waals surface area contributed by atoms with Crippen molar-refractivity contribution in [2.75, 3.05) is 6.54 Å². The lowest BCUT2D eigenvalue weighted by molar-refractivity contribution is -0.143. The number of likely N-dealkylation sites (tertiary alicyclic amines) is 1. The molecule has 2 N–H and O–H groups in total. The van der Waals surface area contributed by atoms with Gasteiger partial charge in [0.1, 0.15) is 24.0 Å². The van der Waals surface area contributed by atoms with Crippen molar-refractivity contribution in [3.63, 3.8) is 0 Å². The van der Waals surface area contributed by atoms with Gasteiger partial charge in [-0.1, -0.05) is 17.7 Å². The number of halogens is 3. The van der Waals surface area contributed by atoms with Crippen molar-refractivity contribution in [1.82, 2.24) is 30.4 Å². The zero-order chi connectivity index (χ0) is 29.8. The van der Waals surface area contributed by atoms with Gasteiger partial charge in [0.2, 0.25) is 11.8 Å². The number of carboxylic acids is 1. The number of nitrogens with one attached hydrogen (secondary N) is 1. The van der Waals surface area contributed by atoms with Crippen LogP contribution < -0.4 is 5.32 Å². The molecule has 2 aliphatic rings. The Morgan fingerprint density at radius 3 is 2.52 bits per heavy atom. The fourth-order valence-electron chi connectivity index (χ4n) is 5.86. The molecule has 2 fully saturated rings. The number of hydrogen-bond acceptors (Lipinski definition) is 6. The molecule has 1 saturated heterocycles. The van der Waals surface area contributed by atoms with Crippen molar-refractivity contribution in [1.29, 1.82) is 0 Å². The maximum Gasteiger partial charge on any atom is 0.306 e. The number of tetrazole rings is 1. The van der Waals surface area contributed by atoms with Crippen LogP contribution in [0.4, 0.5) is 8.78 Å². The van der Waals surface area contributed by atoms with Gasteiger partial charge in [-0.15, -0.1) is 5.10 Å². The SMILES string of the molecule is O=C(O)C1CCC(NC(=O)C2C(c3ccc(F)cc3F)CCCN2C(=O)/C=C/c2cc(Cl)ccc2-n2cnnn2)CC1. The van der Waals surface area contributed by atoms with Crippen molar-refractivity contribution < 1.29 is 28.3 Å². The molecule has 1 saturated carbocycles. The Labute approximate surface area is 245 Å². The Bertz CT molecular complexity index is 1490. The van der Waals surface area contributed by atoms with E-state index in [0.717, 1.165) is 12.1 Å². The number of aromatic nitrogens is 4. The van der Waals surface area contributed by atoms with Gasteiger partial charge in [-0.2, -0.15) is 4.68 Å².